The summed E-state index contributed by atoms with van der Waals surface area (Å²) >= 11 is 3.09. The van der Waals surface area contributed by atoms with E-state index in [1.54, 1.807) is 30.1 Å². The van der Waals surface area contributed by atoms with Gasteiger partial charge >= 0.3 is 0 Å². The number of halogens is 3. The van der Waals surface area contributed by atoms with Gasteiger partial charge in [0.05, 0.1) is 21.9 Å². The number of nitrogens with zero attached hydrogens (tertiary/aromatic N) is 1. The molecule has 0 aliphatic rings. The lowest BCUT2D eigenvalue weighted by Crippen LogP contribution is -2.23. The average molecular weight is 341 g/mol. The fourth-order valence-electron chi connectivity index (χ4n) is 2.09. The Kier molecular flexibility index (Phi) is 4.28. The first-order valence-electron chi connectivity index (χ1n) is 6.13. The van der Waals surface area contributed by atoms with Gasteiger partial charge in [-0.15, -0.1) is 0 Å². The molecule has 20 heavy (non-hydrogen) atoms. The molecule has 0 fully saturated rings. The fraction of sp³-hybridized carbons (Fsp3) is 0.200. The highest BCUT2D eigenvalue weighted by Gasteiger charge is 2.18. The second-order valence-electron chi connectivity index (χ2n) is 4.63. The van der Waals surface area contributed by atoms with Crippen molar-refractivity contribution in [1.29, 1.82) is 0 Å². The summed E-state index contributed by atoms with van der Waals surface area (Å²) in [5, 5.41) is 0. The maximum Gasteiger partial charge on any atom is 0.139 e. The third kappa shape index (κ3) is 2.77. The molecule has 0 amide bonds. The van der Waals surface area contributed by atoms with Crippen LogP contribution in [0.2, 0.25) is 0 Å². The number of nitrogens with two attached hydrogens (primary N) is 1. The molecule has 1 unspecified atom stereocenters. The number of nitrogen functional groups attached to an aromatic ring is 1. The Morgan fingerprint density at radius 3 is 2.45 bits per heavy atom. The maximum absolute atomic E-state index is 13.8. The minimum absolute atomic E-state index is 0.265. The minimum Gasteiger partial charge on any atom is -0.397 e. The molecule has 2 nitrogen and oxygen atoms in total. The zero-order valence-corrected chi connectivity index (χ0v) is 12.8. The van der Waals surface area contributed by atoms with Crippen LogP contribution in [0.3, 0.4) is 0 Å². The number of hydrogen-bond donors (Lipinski definition) is 1. The summed E-state index contributed by atoms with van der Waals surface area (Å²) < 4.78 is 27.8. The lowest BCUT2D eigenvalue weighted by atomic mass is 10.1. The zero-order valence-electron chi connectivity index (χ0n) is 11.2. The van der Waals surface area contributed by atoms with Crippen molar-refractivity contribution in [2.24, 2.45) is 0 Å². The molecule has 106 valence electrons. The zero-order chi connectivity index (χ0) is 14.9. The van der Waals surface area contributed by atoms with Crippen LogP contribution in [0.5, 0.6) is 0 Å². The molecule has 0 radical (unpaired) electrons. The van der Waals surface area contributed by atoms with Crippen molar-refractivity contribution >= 4 is 27.3 Å². The Hall–Kier alpha value is -1.62. The smallest absolute Gasteiger partial charge is 0.139 e. The van der Waals surface area contributed by atoms with E-state index in [2.05, 4.69) is 15.9 Å². The van der Waals surface area contributed by atoms with Gasteiger partial charge in [0.15, 0.2) is 0 Å². The van der Waals surface area contributed by atoms with Crippen molar-refractivity contribution in [3.05, 3.63) is 58.1 Å². The summed E-state index contributed by atoms with van der Waals surface area (Å²) in [7, 11) is 1.76. The van der Waals surface area contributed by atoms with Crippen molar-refractivity contribution in [2.45, 2.75) is 13.0 Å². The van der Waals surface area contributed by atoms with Crippen molar-refractivity contribution < 1.29 is 8.78 Å². The van der Waals surface area contributed by atoms with Crippen molar-refractivity contribution in [3.63, 3.8) is 0 Å². The van der Waals surface area contributed by atoms with Crippen molar-refractivity contribution in [1.82, 2.24) is 0 Å². The van der Waals surface area contributed by atoms with Gasteiger partial charge in [-0.3, -0.25) is 0 Å². The highest BCUT2D eigenvalue weighted by Crippen LogP contribution is 2.34. The Morgan fingerprint density at radius 2 is 1.80 bits per heavy atom. The maximum atomic E-state index is 13.8. The second kappa shape index (κ2) is 5.79. The van der Waals surface area contributed by atoms with E-state index < -0.39 is 5.82 Å². The lowest BCUT2D eigenvalue weighted by Gasteiger charge is -2.29. The van der Waals surface area contributed by atoms with E-state index >= 15 is 0 Å². The Morgan fingerprint density at radius 1 is 1.15 bits per heavy atom. The highest BCUT2D eigenvalue weighted by molar-refractivity contribution is 9.10. The topological polar surface area (TPSA) is 29.3 Å². The van der Waals surface area contributed by atoms with Gasteiger partial charge in [0.1, 0.15) is 11.6 Å². The van der Waals surface area contributed by atoms with Gasteiger partial charge in [0, 0.05) is 18.7 Å². The van der Waals surface area contributed by atoms with Crippen molar-refractivity contribution in [2.75, 3.05) is 17.7 Å². The normalized spacial score (nSPS) is 12.2. The summed E-state index contributed by atoms with van der Waals surface area (Å²) in [6.45, 7) is 1.85. The van der Waals surface area contributed by atoms with Crippen LogP contribution < -0.4 is 10.6 Å². The Balaban J connectivity index is 2.39. The van der Waals surface area contributed by atoms with Gasteiger partial charge in [-0.05, 0) is 35.0 Å². The standard InChI is InChI=1S/C15H15BrF2N2/c1-9(10-5-3-4-6-12(10)17)20(2)15-8-13(18)11(16)7-14(15)19/h3-9H,19H2,1-2H3. The molecule has 2 aromatic rings. The molecule has 2 N–H and O–H groups in total. The van der Waals surface area contributed by atoms with Gasteiger partial charge in [-0.25, -0.2) is 8.78 Å². The van der Waals surface area contributed by atoms with Crippen molar-refractivity contribution in [3.8, 4) is 0 Å². The van der Waals surface area contributed by atoms with Crippen LogP contribution in [0.15, 0.2) is 40.9 Å². The molecule has 0 aromatic heterocycles. The summed E-state index contributed by atoms with van der Waals surface area (Å²) in [5.41, 5.74) is 7.42. The first kappa shape index (κ1) is 14.8. The fourth-order valence-corrected chi connectivity index (χ4v) is 2.45. The Labute approximate surface area is 125 Å². The van der Waals surface area contributed by atoms with E-state index in [4.69, 9.17) is 5.73 Å². The summed E-state index contributed by atoms with van der Waals surface area (Å²) in [6, 6.07) is 9.12. The molecule has 0 saturated carbocycles. The number of benzene rings is 2. The van der Waals surface area contributed by atoms with Gasteiger partial charge in [-0.2, -0.15) is 0 Å². The molecule has 0 bridgehead atoms. The van der Waals surface area contributed by atoms with E-state index in [9.17, 15) is 8.78 Å². The van der Waals surface area contributed by atoms with Crippen LogP contribution in [0.25, 0.3) is 0 Å². The van der Waals surface area contributed by atoms with E-state index in [0.717, 1.165) is 0 Å². The third-order valence-corrected chi connectivity index (χ3v) is 3.99. The van der Waals surface area contributed by atoms with E-state index in [1.807, 2.05) is 6.92 Å². The molecule has 0 aliphatic heterocycles. The third-order valence-electron chi connectivity index (χ3n) is 3.39. The van der Waals surface area contributed by atoms with Crippen LogP contribution in [-0.4, -0.2) is 7.05 Å². The van der Waals surface area contributed by atoms with Crippen LogP contribution in [-0.2, 0) is 0 Å². The number of rotatable bonds is 3. The lowest BCUT2D eigenvalue weighted by molar-refractivity contribution is 0.584. The summed E-state index contributed by atoms with van der Waals surface area (Å²) in [6.07, 6.45) is 0. The van der Waals surface area contributed by atoms with Crippen LogP contribution in [0.4, 0.5) is 20.2 Å². The summed E-state index contributed by atoms with van der Waals surface area (Å²) in [5.74, 6) is -0.690. The molecule has 5 heteroatoms. The van der Waals surface area contributed by atoms with Crippen LogP contribution in [0.1, 0.15) is 18.5 Å². The van der Waals surface area contributed by atoms with E-state index in [-0.39, 0.29) is 11.9 Å². The monoisotopic (exact) mass is 340 g/mol. The predicted octanol–water partition coefficient (Wildman–Crippen LogP) is 4.51. The Bertz CT molecular complexity index is 631. The largest absolute Gasteiger partial charge is 0.397 e. The molecule has 2 aromatic carbocycles. The minimum atomic E-state index is -0.401. The molecular formula is C15H15BrF2N2. The molecule has 0 saturated heterocycles. The second-order valence-corrected chi connectivity index (χ2v) is 5.49. The average Bonchev–Trinajstić information content (AvgIpc) is 2.42. The number of anilines is 2. The first-order valence-corrected chi connectivity index (χ1v) is 6.93. The van der Waals surface area contributed by atoms with E-state index in [1.165, 1.54) is 18.2 Å². The molecule has 0 spiro atoms. The van der Waals surface area contributed by atoms with Gasteiger partial charge in [0.2, 0.25) is 0 Å². The van der Waals surface area contributed by atoms with Crippen LogP contribution >= 0.6 is 15.9 Å². The highest BCUT2D eigenvalue weighted by atomic mass is 79.9. The van der Waals surface area contributed by atoms with Crippen LogP contribution in [0, 0.1) is 11.6 Å². The molecule has 2 rings (SSSR count). The first-order chi connectivity index (χ1) is 9.41. The van der Waals surface area contributed by atoms with E-state index in [0.29, 0.717) is 21.4 Å². The number of hydrogen-bond acceptors (Lipinski definition) is 2. The summed E-state index contributed by atoms with van der Waals surface area (Å²) in [4.78, 5) is 1.75. The predicted molar refractivity (Wildman–Crippen MR) is 81.7 cm³/mol. The SMILES string of the molecule is CC(c1ccccc1F)N(C)c1cc(F)c(Br)cc1N. The molecule has 1 atom stereocenters. The molecule has 0 heterocycles. The van der Waals surface area contributed by atoms with Gasteiger partial charge in [0.25, 0.3) is 0 Å². The molecule has 0 aliphatic carbocycles. The van der Waals surface area contributed by atoms with Gasteiger partial charge in [-0.1, -0.05) is 18.2 Å². The quantitative estimate of drug-likeness (QED) is 0.833. The van der Waals surface area contributed by atoms with Gasteiger partial charge < -0.3 is 10.6 Å². The molecular weight excluding hydrogens is 326 g/mol.